The lowest BCUT2D eigenvalue weighted by molar-refractivity contribution is -0.137. The van der Waals surface area contributed by atoms with E-state index < -0.39 is 11.7 Å². The van der Waals surface area contributed by atoms with Gasteiger partial charge in [0, 0.05) is 25.2 Å². The molecule has 21 heavy (non-hydrogen) atoms. The molecule has 1 atom stereocenters. The smallest absolute Gasteiger partial charge is 0.383 e. The van der Waals surface area contributed by atoms with Crippen molar-refractivity contribution in [3.8, 4) is 0 Å². The molecule has 0 radical (unpaired) electrons. The van der Waals surface area contributed by atoms with Crippen LogP contribution in [0.2, 0.25) is 0 Å². The molecule has 1 N–H and O–H groups in total. The number of imidazole rings is 1. The first kappa shape index (κ1) is 15.4. The molecule has 0 spiro atoms. The molecule has 1 aromatic carbocycles. The Morgan fingerprint density at radius 3 is 2.52 bits per heavy atom. The summed E-state index contributed by atoms with van der Waals surface area (Å²) in [6, 6.07) is 4.89. The highest BCUT2D eigenvalue weighted by Crippen LogP contribution is 2.30. The maximum Gasteiger partial charge on any atom is 0.416 e. The summed E-state index contributed by atoms with van der Waals surface area (Å²) in [5, 5.41) is 3.00. The van der Waals surface area contributed by atoms with Crippen LogP contribution in [0, 0.1) is 0 Å². The number of nitrogens with zero attached hydrogens (tertiary/aromatic N) is 2. The Morgan fingerprint density at radius 1 is 1.29 bits per heavy atom. The number of aromatic nitrogens is 2. The molecule has 7 heteroatoms. The van der Waals surface area contributed by atoms with Gasteiger partial charge < -0.3 is 14.6 Å². The van der Waals surface area contributed by atoms with Crippen LogP contribution < -0.4 is 5.32 Å². The Hall–Kier alpha value is -2.02. The zero-order valence-corrected chi connectivity index (χ0v) is 11.7. The van der Waals surface area contributed by atoms with Crippen molar-refractivity contribution in [2.75, 3.05) is 19.0 Å². The van der Waals surface area contributed by atoms with Crippen molar-refractivity contribution < 1.29 is 17.9 Å². The van der Waals surface area contributed by atoms with Crippen molar-refractivity contribution in [1.29, 1.82) is 0 Å². The molecule has 0 aliphatic rings. The Morgan fingerprint density at radius 2 is 1.95 bits per heavy atom. The fourth-order valence-corrected chi connectivity index (χ4v) is 1.96. The molecule has 1 unspecified atom stereocenters. The van der Waals surface area contributed by atoms with Crippen molar-refractivity contribution in [2.45, 2.75) is 19.1 Å². The Labute approximate surface area is 120 Å². The zero-order valence-electron chi connectivity index (χ0n) is 11.7. The summed E-state index contributed by atoms with van der Waals surface area (Å²) in [6.07, 6.45) is -0.918. The minimum Gasteiger partial charge on any atom is -0.383 e. The fraction of sp³-hybridized carbons (Fsp3) is 0.357. The highest BCUT2D eigenvalue weighted by molar-refractivity contribution is 5.54. The lowest BCUT2D eigenvalue weighted by Crippen LogP contribution is -2.13. The highest BCUT2D eigenvalue weighted by atomic mass is 19.4. The Bertz CT molecular complexity index is 578. The summed E-state index contributed by atoms with van der Waals surface area (Å²) in [5.74, 6) is 0.555. The largest absolute Gasteiger partial charge is 0.416 e. The number of nitrogens with one attached hydrogen (secondary N) is 1. The standard InChI is InChI=1S/C14H16F3N3O/c1-10(9-21-2)20-8-7-18-13(20)19-12-5-3-11(4-6-12)14(15,16)17/h3-8,10H,9H2,1-2H3,(H,18,19). The normalized spacial score (nSPS) is 13.2. The summed E-state index contributed by atoms with van der Waals surface area (Å²) >= 11 is 0. The van der Waals surface area contributed by atoms with Crippen molar-refractivity contribution in [3.05, 3.63) is 42.2 Å². The summed E-state index contributed by atoms with van der Waals surface area (Å²) in [6.45, 7) is 2.47. The fourth-order valence-electron chi connectivity index (χ4n) is 1.96. The average Bonchev–Trinajstić information content (AvgIpc) is 2.87. The molecule has 1 aromatic heterocycles. The lowest BCUT2D eigenvalue weighted by Gasteiger charge is -2.16. The van der Waals surface area contributed by atoms with Gasteiger partial charge >= 0.3 is 6.18 Å². The second kappa shape index (κ2) is 6.17. The predicted molar refractivity (Wildman–Crippen MR) is 73.5 cm³/mol. The van der Waals surface area contributed by atoms with Gasteiger partial charge in [0.15, 0.2) is 0 Å². The van der Waals surface area contributed by atoms with E-state index >= 15 is 0 Å². The molecular formula is C14H16F3N3O. The van der Waals surface area contributed by atoms with Gasteiger partial charge in [0.1, 0.15) is 0 Å². The monoisotopic (exact) mass is 299 g/mol. The third kappa shape index (κ3) is 3.75. The van der Waals surface area contributed by atoms with Crippen LogP contribution in [-0.4, -0.2) is 23.3 Å². The molecule has 0 aliphatic heterocycles. The first-order valence-corrected chi connectivity index (χ1v) is 6.38. The molecule has 0 fully saturated rings. The summed E-state index contributed by atoms with van der Waals surface area (Å²) in [5.41, 5.74) is -0.135. The van der Waals surface area contributed by atoms with Crippen LogP contribution in [0.15, 0.2) is 36.7 Å². The lowest BCUT2D eigenvalue weighted by atomic mass is 10.2. The molecule has 114 valence electrons. The number of halogens is 3. The van der Waals surface area contributed by atoms with E-state index in [4.69, 9.17) is 4.74 Å². The topological polar surface area (TPSA) is 39.1 Å². The van der Waals surface area contributed by atoms with E-state index in [9.17, 15) is 13.2 Å². The first-order chi connectivity index (χ1) is 9.91. The summed E-state index contributed by atoms with van der Waals surface area (Å²) < 4.78 is 44.4. The van der Waals surface area contributed by atoms with Gasteiger partial charge in [-0.1, -0.05) is 0 Å². The molecule has 0 saturated heterocycles. The average molecular weight is 299 g/mol. The van der Waals surface area contributed by atoms with Gasteiger partial charge in [-0.2, -0.15) is 13.2 Å². The van der Waals surface area contributed by atoms with Crippen LogP contribution >= 0.6 is 0 Å². The van der Waals surface area contributed by atoms with Gasteiger partial charge in [-0.05, 0) is 31.2 Å². The number of methoxy groups -OCH3 is 1. The van der Waals surface area contributed by atoms with E-state index in [2.05, 4.69) is 10.3 Å². The maximum absolute atomic E-state index is 12.5. The van der Waals surface area contributed by atoms with Crippen molar-refractivity contribution in [3.63, 3.8) is 0 Å². The molecule has 0 aliphatic carbocycles. The second-order valence-corrected chi connectivity index (χ2v) is 4.66. The van der Waals surface area contributed by atoms with Gasteiger partial charge in [-0.15, -0.1) is 0 Å². The van der Waals surface area contributed by atoms with E-state index in [0.29, 0.717) is 18.2 Å². The van der Waals surface area contributed by atoms with Gasteiger partial charge in [-0.3, -0.25) is 0 Å². The Kier molecular flexibility index (Phi) is 4.52. The third-order valence-corrected chi connectivity index (χ3v) is 3.02. The molecule has 4 nitrogen and oxygen atoms in total. The molecule has 1 heterocycles. The number of rotatable bonds is 5. The van der Waals surface area contributed by atoms with Gasteiger partial charge in [0.05, 0.1) is 18.2 Å². The molecule has 0 bridgehead atoms. The quantitative estimate of drug-likeness (QED) is 0.911. The molecule has 2 aromatic rings. The minimum atomic E-state index is -4.33. The number of hydrogen-bond donors (Lipinski definition) is 1. The molecule has 0 amide bonds. The minimum absolute atomic E-state index is 0.0643. The SMILES string of the molecule is COCC(C)n1ccnc1Nc1ccc(C(F)(F)F)cc1. The van der Waals surface area contributed by atoms with Crippen LogP contribution in [-0.2, 0) is 10.9 Å². The van der Waals surface area contributed by atoms with Crippen LogP contribution in [0.5, 0.6) is 0 Å². The van der Waals surface area contributed by atoms with Crippen LogP contribution in [0.4, 0.5) is 24.8 Å². The van der Waals surface area contributed by atoms with Crippen molar-refractivity contribution >= 4 is 11.6 Å². The maximum atomic E-state index is 12.5. The number of alkyl halides is 3. The van der Waals surface area contributed by atoms with Crippen LogP contribution in [0.3, 0.4) is 0 Å². The van der Waals surface area contributed by atoms with E-state index in [1.807, 2.05) is 11.5 Å². The highest BCUT2D eigenvalue weighted by Gasteiger charge is 2.29. The van der Waals surface area contributed by atoms with E-state index in [0.717, 1.165) is 12.1 Å². The summed E-state index contributed by atoms with van der Waals surface area (Å²) in [7, 11) is 1.61. The molecule has 0 saturated carbocycles. The number of benzene rings is 1. The van der Waals surface area contributed by atoms with Gasteiger partial charge in [0.25, 0.3) is 0 Å². The predicted octanol–water partition coefficient (Wildman–Crippen LogP) is 3.85. The third-order valence-electron chi connectivity index (χ3n) is 3.02. The Balaban J connectivity index is 2.14. The van der Waals surface area contributed by atoms with E-state index in [1.165, 1.54) is 12.1 Å². The zero-order chi connectivity index (χ0) is 15.5. The van der Waals surface area contributed by atoms with Crippen molar-refractivity contribution in [2.24, 2.45) is 0 Å². The first-order valence-electron chi connectivity index (χ1n) is 6.38. The van der Waals surface area contributed by atoms with E-state index in [1.54, 1.807) is 19.5 Å². The number of anilines is 2. The number of hydrogen-bond acceptors (Lipinski definition) is 3. The van der Waals surface area contributed by atoms with Gasteiger partial charge in [-0.25, -0.2) is 4.98 Å². The van der Waals surface area contributed by atoms with Crippen molar-refractivity contribution in [1.82, 2.24) is 9.55 Å². The molecule has 2 rings (SSSR count). The second-order valence-electron chi connectivity index (χ2n) is 4.66. The number of ether oxygens (including phenoxy) is 1. The summed E-state index contributed by atoms with van der Waals surface area (Å²) in [4.78, 5) is 4.16. The molecular weight excluding hydrogens is 283 g/mol. The van der Waals surface area contributed by atoms with Crippen LogP contribution in [0.1, 0.15) is 18.5 Å². The van der Waals surface area contributed by atoms with Gasteiger partial charge in [0.2, 0.25) is 5.95 Å². The van der Waals surface area contributed by atoms with E-state index in [-0.39, 0.29) is 6.04 Å². The van der Waals surface area contributed by atoms with Crippen LogP contribution in [0.25, 0.3) is 0 Å².